The number of carboxylic acid groups (broad SMARTS) is 1. The first-order valence-electron chi connectivity index (χ1n) is 7.29. The maximum absolute atomic E-state index is 12.6. The number of nitrogens with zero attached hydrogens (tertiary/aromatic N) is 2. The van der Waals surface area contributed by atoms with Gasteiger partial charge in [0.1, 0.15) is 0 Å². The van der Waals surface area contributed by atoms with Crippen LogP contribution in [0, 0.1) is 0 Å². The van der Waals surface area contributed by atoms with Gasteiger partial charge in [0.25, 0.3) is 5.91 Å². The van der Waals surface area contributed by atoms with Gasteiger partial charge < -0.3 is 10.0 Å². The van der Waals surface area contributed by atoms with E-state index in [4.69, 9.17) is 5.11 Å². The second-order valence-electron chi connectivity index (χ2n) is 5.26. The van der Waals surface area contributed by atoms with Crippen LogP contribution in [0.3, 0.4) is 0 Å². The fraction of sp³-hybridized carbons (Fsp3) is 0.438. The van der Waals surface area contributed by atoms with Crippen LogP contribution in [0.25, 0.3) is 6.08 Å². The minimum atomic E-state index is -1.02. The van der Waals surface area contributed by atoms with Crippen LogP contribution in [0.2, 0.25) is 0 Å². The molecule has 2 rings (SSSR count). The molecule has 0 unspecified atom stereocenters. The number of carboxylic acids is 1. The average molecular weight is 288 g/mol. The van der Waals surface area contributed by atoms with Crippen molar-refractivity contribution in [3.63, 3.8) is 0 Å². The minimum absolute atomic E-state index is 0.0102. The smallest absolute Gasteiger partial charge is 0.328 e. The second kappa shape index (κ2) is 7.02. The lowest BCUT2D eigenvalue weighted by Crippen LogP contribution is -2.34. The highest BCUT2D eigenvalue weighted by Crippen LogP contribution is 2.28. The van der Waals surface area contributed by atoms with Gasteiger partial charge in [-0.3, -0.25) is 9.78 Å². The molecule has 112 valence electrons. The summed E-state index contributed by atoms with van der Waals surface area (Å²) in [5.41, 5.74) is 1.14. The van der Waals surface area contributed by atoms with Crippen molar-refractivity contribution < 1.29 is 14.7 Å². The van der Waals surface area contributed by atoms with Gasteiger partial charge in [-0.15, -0.1) is 0 Å². The van der Waals surface area contributed by atoms with Crippen LogP contribution < -0.4 is 0 Å². The van der Waals surface area contributed by atoms with Crippen LogP contribution in [0.5, 0.6) is 0 Å². The van der Waals surface area contributed by atoms with Gasteiger partial charge in [0, 0.05) is 31.1 Å². The quantitative estimate of drug-likeness (QED) is 0.783. The summed E-state index contributed by atoms with van der Waals surface area (Å²) in [6.45, 7) is 2.88. The maximum atomic E-state index is 12.6. The van der Waals surface area contributed by atoms with Gasteiger partial charge in [-0.25, -0.2) is 4.79 Å². The molecule has 21 heavy (non-hydrogen) atoms. The van der Waals surface area contributed by atoms with Gasteiger partial charge >= 0.3 is 5.97 Å². The lowest BCUT2D eigenvalue weighted by Gasteiger charge is -2.22. The van der Waals surface area contributed by atoms with Crippen LogP contribution in [0.1, 0.15) is 48.5 Å². The number of carbonyl (C=O) groups excluding carboxylic acids is 1. The number of hydrogen-bond donors (Lipinski definition) is 1. The molecule has 0 aliphatic heterocycles. The monoisotopic (exact) mass is 288 g/mol. The van der Waals surface area contributed by atoms with E-state index in [1.54, 1.807) is 18.5 Å². The van der Waals surface area contributed by atoms with E-state index < -0.39 is 5.97 Å². The molecule has 0 atom stereocenters. The minimum Gasteiger partial charge on any atom is -0.478 e. The molecular formula is C16H20N2O3. The summed E-state index contributed by atoms with van der Waals surface area (Å²) in [4.78, 5) is 29.1. The maximum Gasteiger partial charge on any atom is 0.328 e. The van der Waals surface area contributed by atoms with Crippen LogP contribution in [-0.2, 0) is 4.79 Å². The largest absolute Gasteiger partial charge is 0.478 e. The van der Waals surface area contributed by atoms with Crippen molar-refractivity contribution in [1.82, 2.24) is 9.88 Å². The predicted molar refractivity (Wildman–Crippen MR) is 79.9 cm³/mol. The van der Waals surface area contributed by atoms with Crippen molar-refractivity contribution in [3.05, 3.63) is 35.7 Å². The summed E-state index contributed by atoms with van der Waals surface area (Å²) >= 11 is 0. The summed E-state index contributed by atoms with van der Waals surface area (Å²) in [7, 11) is 0. The van der Waals surface area contributed by atoms with Crippen LogP contribution >= 0.6 is 0 Å². The third kappa shape index (κ3) is 4.41. The summed E-state index contributed by atoms with van der Waals surface area (Å²) < 4.78 is 0. The van der Waals surface area contributed by atoms with Crippen molar-refractivity contribution >= 4 is 18.0 Å². The lowest BCUT2D eigenvalue weighted by atomic mass is 10.1. The van der Waals surface area contributed by atoms with Gasteiger partial charge in [-0.2, -0.15) is 0 Å². The van der Waals surface area contributed by atoms with Crippen LogP contribution in [0.4, 0.5) is 0 Å². The number of rotatable bonds is 7. The first-order valence-corrected chi connectivity index (χ1v) is 7.29. The number of unbranched alkanes of at least 4 members (excludes halogenated alkanes) is 1. The number of aliphatic carboxylic acids is 1. The highest BCUT2D eigenvalue weighted by molar-refractivity contribution is 5.95. The Kier molecular flexibility index (Phi) is 5.09. The van der Waals surface area contributed by atoms with Crippen molar-refractivity contribution in [1.29, 1.82) is 0 Å². The first-order chi connectivity index (χ1) is 10.1. The van der Waals surface area contributed by atoms with Crippen molar-refractivity contribution in [2.24, 2.45) is 0 Å². The molecule has 5 heteroatoms. The van der Waals surface area contributed by atoms with E-state index in [1.165, 1.54) is 6.08 Å². The van der Waals surface area contributed by atoms with E-state index >= 15 is 0 Å². The van der Waals surface area contributed by atoms with Crippen molar-refractivity contribution in [2.45, 2.75) is 38.6 Å². The molecule has 1 heterocycles. The van der Waals surface area contributed by atoms with E-state index in [1.807, 2.05) is 4.90 Å². The Bertz CT molecular complexity index is 550. The molecule has 5 nitrogen and oxygen atoms in total. The van der Waals surface area contributed by atoms with E-state index in [-0.39, 0.29) is 5.91 Å². The highest BCUT2D eigenvalue weighted by Gasteiger charge is 2.32. The number of carbonyl (C=O) groups is 2. The molecule has 1 fully saturated rings. The molecule has 0 saturated heterocycles. The highest BCUT2D eigenvalue weighted by atomic mass is 16.4. The molecule has 0 spiro atoms. The van der Waals surface area contributed by atoms with Gasteiger partial charge in [0.2, 0.25) is 0 Å². The van der Waals surface area contributed by atoms with Crippen molar-refractivity contribution in [3.8, 4) is 0 Å². The molecular weight excluding hydrogens is 268 g/mol. The zero-order chi connectivity index (χ0) is 15.2. The predicted octanol–water partition coefficient (Wildman–Crippen LogP) is 2.58. The van der Waals surface area contributed by atoms with Gasteiger partial charge in [-0.1, -0.05) is 13.3 Å². The van der Waals surface area contributed by atoms with E-state index in [0.717, 1.165) is 38.3 Å². The molecule has 1 N–H and O–H groups in total. The van der Waals surface area contributed by atoms with Gasteiger partial charge in [0.15, 0.2) is 0 Å². The molecule has 0 radical (unpaired) electrons. The number of pyridine rings is 1. The normalized spacial score (nSPS) is 14.3. The summed E-state index contributed by atoms with van der Waals surface area (Å²) in [5.74, 6) is -1.03. The zero-order valence-corrected chi connectivity index (χ0v) is 12.2. The van der Waals surface area contributed by atoms with E-state index in [9.17, 15) is 9.59 Å². The van der Waals surface area contributed by atoms with Gasteiger partial charge in [-0.05, 0) is 37.0 Å². The standard InChI is InChI=1S/C16H20N2O3/c1-2-3-8-18(14-5-6-14)16(21)13-9-12(10-17-11-13)4-7-15(19)20/h4,7,9-11,14H,2-3,5-6,8H2,1H3,(H,19,20). The molecule has 1 aromatic heterocycles. The van der Waals surface area contributed by atoms with Crippen LogP contribution in [-0.4, -0.2) is 39.5 Å². The summed E-state index contributed by atoms with van der Waals surface area (Å²) in [5, 5.41) is 8.64. The third-order valence-electron chi connectivity index (χ3n) is 3.43. The zero-order valence-electron chi connectivity index (χ0n) is 12.2. The third-order valence-corrected chi connectivity index (χ3v) is 3.43. The molecule has 0 bridgehead atoms. The SMILES string of the molecule is CCCCN(C(=O)c1cncc(C=CC(=O)O)c1)C1CC1. The lowest BCUT2D eigenvalue weighted by molar-refractivity contribution is -0.131. The van der Waals surface area contributed by atoms with E-state index in [0.29, 0.717) is 17.2 Å². The Labute approximate surface area is 124 Å². The fourth-order valence-corrected chi connectivity index (χ4v) is 2.16. The molecule has 1 aliphatic rings. The van der Waals surface area contributed by atoms with E-state index in [2.05, 4.69) is 11.9 Å². The Morgan fingerprint density at radius 1 is 1.43 bits per heavy atom. The summed E-state index contributed by atoms with van der Waals surface area (Å²) in [6, 6.07) is 2.05. The van der Waals surface area contributed by atoms with Gasteiger partial charge in [0.05, 0.1) is 5.56 Å². The molecule has 0 aromatic carbocycles. The second-order valence-corrected chi connectivity index (χ2v) is 5.26. The fourth-order valence-electron chi connectivity index (χ4n) is 2.16. The Hall–Kier alpha value is -2.17. The molecule has 1 saturated carbocycles. The van der Waals surface area contributed by atoms with Crippen LogP contribution in [0.15, 0.2) is 24.5 Å². The summed E-state index contributed by atoms with van der Waals surface area (Å²) in [6.07, 6.45) is 9.76. The number of hydrogen-bond acceptors (Lipinski definition) is 3. The molecule has 1 amide bonds. The topological polar surface area (TPSA) is 70.5 Å². The molecule has 1 aliphatic carbocycles. The average Bonchev–Trinajstić information content (AvgIpc) is 3.30. The molecule has 1 aromatic rings. The Balaban J connectivity index is 2.13. The van der Waals surface area contributed by atoms with Crippen molar-refractivity contribution in [2.75, 3.05) is 6.54 Å². The first kappa shape index (κ1) is 15.2. The Morgan fingerprint density at radius 2 is 2.19 bits per heavy atom. The number of amides is 1. The number of aromatic nitrogens is 1. The Morgan fingerprint density at radius 3 is 2.81 bits per heavy atom.